The molecule has 0 bridgehead atoms. The van der Waals surface area contributed by atoms with Gasteiger partial charge in [0.2, 0.25) is 0 Å². The number of rotatable bonds is 5. The van der Waals surface area contributed by atoms with Crippen LogP contribution in [0.2, 0.25) is 0 Å². The van der Waals surface area contributed by atoms with Gasteiger partial charge in [0.25, 0.3) is 5.91 Å². The first-order valence-electron chi connectivity index (χ1n) is 8.44. The van der Waals surface area contributed by atoms with E-state index >= 15 is 0 Å². The first kappa shape index (κ1) is 15.8. The highest BCUT2D eigenvalue weighted by atomic mass is 16.5. The third kappa shape index (κ3) is 3.15. The molecule has 5 nitrogen and oxygen atoms in total. The lowest BCUT2D eigenvalue weighted by Crippen LogP contribution is -2.19. The molecular weight excluding hydrogens is 316 g/mol. The summed E-state index contributed by atoms with van der Waals surface area (Å²) >= 11 is 0. The molecule has 2 atom stereocenters. The molecule has 2 aliphatic heterocycles. The predicted octanol–water partition coefficient (Wildman–Crippen LogP) is 2.65. The second-order valence-corrected chi connectivity index (χ2v) is 6.42. The SMILES string of the molecule is COc1ccc([C@@H]2CNC[C@H]2COc2ccc3c(c2)C(=O)N=C3)cc1. The van der Waals surface area contributed by atoms with Gasteiger partial charge in [-0.1, -0.05) is 12.1 Å². The lowest BCUT2D eigenvalue weighted by Gasteiger charge is -2.20. The number of nitrogens with zero attached hydrogens (tertiary/aromatic N) is 1. The highest BCUT2D eigenvalue weighted by Crippen LogP contribution is 2.30. The van der Waals surface area contributed by atoms with Gasteiger partial charge in [-0.2, -0.15) is 0 Å². The number of benzene rings is 2. The maximum absolute atomic E-state index is 11.7. The zero-order chi connectivity index (χ0) is 17.2. The van der Waals surface area contributed by atoms with E-state index in [4.69, 9.17) is 9.47 Å². The Kier molecular flexibility index (Phi) is 4.24. The van der Waals surface area contributed by atoms with Gasteiger partial charge in [0, 0.05) is 36.7 Å². The van der Waals surface area contributed by atoms with E-state index in [9.17, 15) is 4.79 Å². The quantitative estimate of drug-likeness (QED) is 0.912. The number of hydrogen-bond donors (Lipinski definition) is 1. The molecule has 0 spiro atoms. The van der Waals surface area contributed by atoms with E-state index in [1.807, 2.05) is 24.3 Å². The monoisotopic (exact) mass is 336 g/mol. The summed E-state index contributed by atoms with van der Waals surface area (Å²) in [5, 5.41) is 3.45. The van der Waals surface area contributed by atoms with Crippen LogP contribution >= 0.6 is 0 Å². The summed E-state index contributed by atoms with van der Waals surface area (Å²) in [7, 11) is 1.68. The van der Waals surface area contributed by atoms with E-state index in [2.05, 4.69) is 22.4 Å². The van der Waals surface area contributed by atoms with Crippen molar-refractivity contribution in [1.29, 1.82) is 0 Å². The van der Waals surface area contributed by atoms with Crippen LogP contribution in [0, 0.1) is 5.92 Å². The zero-order valence-corrected chi connectivity index (χ0v) is 14.1. The number of carbonyl (C=O) groups is 1. The van der Waals surface area contributed by atoms with E-state index in [1.165, 1.54) is 5.56 Å². The van der Waals surface area contributed by atoms with E-state index in [0.717, 1.165) is 30.2 Å². The van der Waals surface area contributed by atoms with Crippen LogP contribution in [0.15, 0.2) is 47.5 Å². The molecule has 2 aromatic rings. The maximum Gasteiger partial charge on any atom is 0.277 e. The van der Waals surface area contributed by atoms with Gasteiger partial charge in [0.15, 0.2) is 0 Å². The van der Waals surface area contributed by atoms with Crippen molar-refractivity contribution < 1.29 is 14.3 Å². The van der Waals surface area contributed by atoms with Gasteiger partial charge in [-0.3, -0.25) is 4.79 Å². The van der Waals surface area contributed by atoms with Crippen LogP contribution in [-0.2, 0) is 0 Å². The van der Waals surface area contributed by atoms with E-state index in [0.29, 0.717) is 24.0 Å². The molecule has 0 aliphatic carbocycles. The molecule has 25 heavy (non-hydrogen) atoms. The fraction of sp³-hybridized carbons (Fsp3) is 0.300. The number of ether oxygens (including phenoxy) is 2. The number of carbonyl (C=O) groups excluding carboxylic acids is 1. The van der Waals surface area contributed by atoms with Crippen molar-refractivity contribution in [2.24, 2.45) is 10.9 Å². The van der Waals surface area contributed by atoms with Crippen LogP contribution in [0.25, 0.3) is 0 Å². The maximum atomic E-state index is 11.7. The van der Waals surface area contributed by atoms with Crippen molar-refractivity contribution in [3.05, 3.63) is 59.2 Å². The number of amides is 1. The zero-order valence-electron chi connectivity index (χ0n) is 14.1. The van der Waals surface area contributed by atoms with Crippen molar-refractivity contribution >= 4 is 12.1 Å². The molecule has 1 saturated heterocycles. The number of nitrogens with one attached hydrogen (secondary N) is 1. The highest BCUT2D eigenvalue weighted by Gasteiger charge is 2.29. The van der Waals surface area contributed by atoms with Crippen LogP contribution in [0.5, 0.6) is 11.5 Å². The third-order valence-electron chi connectivity index (χ3n) is 4.92. The summed E-state index contributed by atoms with van der Waals surface area (Å²) in [6.07, 6.45) is 1.60. The number of hydrogen-bond acceptors (Lipinski definition) is 4. The number of aliphatic imine (C=N–C) groups is 1. The Morgan fingerprint density at radius 3 is 2.72 bits per heavy atom. The summed E-state index contributed by atoms with van der Waals surface area (Å²) in [6, 6.07) is 13.8. The second kappa shape index (κ2) is 6.69. The lowest BCUT2D eigenvalue weighted by atomic mass is 9.89. The van der Waals surface area contributed by atoms with Crippen molar-refractivity contribution in [1.82, 2.24) is 5.32 Å². The van der Waals surface area contributed by atoms with Crippen LogP contribution in [0.3, 0.4) is 0 Å². The summed E-state index contributed by atoms with van der Waals surface area (Å²) in [4.78, 5) is 15.5. The topological polar surface area (TPSA) is 59.9 Å². The molecule has 0 radical (unpaired) electrons. The standard InChI is InChI=1S/C20H20N2O3/c1-24-16-5-2-13(3-6-16)19-11-21-9-15(19)12-25-17-7-4-14-10-22-20(23)18(14)8-17/h2-8,10,15,19,21H,9,11-12H2,1H3/t15-,19-/m0/s1. The molecule has 0 saturated carbocycles. The Morgan fingerprint density at radius 2 is 1.92 bits per heavy atom. The summed E-state index contributed by atoms with van der Waals surface area (Å²) in [5.74, 6) is 2.18. The van der Waals surface area contributed by atoms with Gasteiger partial charge in [-0.05, 0) is 35.9 Å². The van der Waals surface area contributed by atoms with Gasteiger partial charge >= 0.3 is 0 Å². The average Bonchev–Trinajstić information content (AvgIpc) is 3.27. The minimum absolute atomic E-state index is 0.195. The third-order valence-corrected chi connectivity index (χ3v) is 4.92. The van der Waals surface area contributed by atoms with Gasteiger partial charge in [-0.25, -0.2) is 4.99 Å². The Bertz CT molecular complexity index is 814. The van der Waals surface area contributed by atoms with Crippen molar-refractivity contribution in [2.75, 3.05) is 26.8 Å². The number of fused-ring (bicyclic) bond motifs is 1. The first-order chi connectivity index (χ1) is 12.2. The minimum atomic E-state index is -0.195. The Hall–Kier alpha value is -2.66. The van der Waals surface area contributed by atoms with Gasteiger partial charge in [-0.15, -0.1) is 0 Å². The molecule has 1 N–H and O–H groups in total. The van der Waals surface area contributed by atoms with Crippen molar-refractivity contribution in [3.8, 4) is 11.5 Å². The normalized spacial score (nSPS) is 21.4. The second-order valence-electron chi connectivity index (χ2n) is 6.42. The summed E-state index contributed by atoms with van der Waals surface area (Å²) < 4.78 is 11.2. The molecule has 2 heterocycles. The van der Waals surface area contributed by atoms with Crippen LogP contribution < -0.4 is 14.8 Å². The largest absolute Gasteiger partial charge is 0.497 e. The lowest BCUT2D eigenvalue weighted by molar-refractivity contribution is 0.101. The van der Waals surface area contributed by atoms with Gasteiger partial charge in [0.05, 0.1) is 19.3 Å². The molecule has 0 unspecified atom stereocenters. The van der Waals surface area contributed by atoms with E-state index < -0.39 is 0 Å². The van der Waals surface area contributed by atoms with Crippen molar-refractivity contribution in [2.45, 2.75) is 5.92 Å². The molecule has 0 aromatic heterocycles. The Balaban J connectivity index is 1.43. The van der Waals surface area contributed by atoms with E-state index in [1.54, 1.807) is 19.4 Å². The molecule has 5 heteroatoms. The molecule has 4 rings (SSSR count). The smallest absolute Gasteiger partial charge is 0.277 e. The molecule has 128 valence electrons. The molecule has 2 aromatic carbocycles. The highest BCUT2D eigenvalue weighted by molar-refractivity contribution is 6.13. The minimum Gasteiger partial charge on any atom is -0.497 e. The fourth-order valence-corrected chi connectivity index (χ4v) is 3.47. The molecular formula is C20H20N2O3. The first-order valence-corrected chi connectivity index (χ1v) is 8.44. The Morgan fingerprint density at radius 1 is 1.12 bits per heavy atom. The summed E-state index contributed by atoms with van der Waals surface area (Å²) in [5.41, 5.74) is 2.77. The average molecular weight is 336 g/mol. The predicted molar refractivity (Wildman–Crippen MR) is 96.0 cm³/mol. The van der Waals surface area contributed by atoms with E-state index in [-0.39, 0.29) is 5.91 Å². The molecule has 1 amide bonds. The molecule has 1 fully saturated rings. The Labute approximate surface area is 146 Å². The van der Waals surface area contributed by atoms with Gasteiger partial charge in [0.1, 0.15) is 11.5 Å². The summed E-state index contributed by atoms with van der Waals surface area (Å²) in [6.45, 7) is 2.47. The number of methoxy groups -OCH3 is 1. The van der Waals surface area contributed by atoms with Crippen LogP contribution in [0.4, 0.5) is 0 Å². The fourth-order valence-electron chi connectivity index (χ4n) is 3.47. The molecule has 2 aliphatic rings. The van der Waals surface area contributed by atoms with Gasteiger partial charge < -0.3 is 14.8 Å². The van der Waals surface area contributed by atoms with Crippen LogP contribution in [-0.4, -0.2) is 38.9 Å². The van der Waals surface area contributed by atoms with Crippen LogP contribution in [0.1, 0.15) is 27.4 Å². The van der Waals surface area contributed by atoms with Crippen molar-refractivity contribution in [3.63, 3.8) is 0 Å².